The standard InChI is InChI=1S/C17H17N3/c1-11-7-4-5-9-13(11)17-19-15-12(2)8-6-10-14(15)16(18-3)20-17/h4-10H,1-3H3,(H,18,19,20). The van der Waals surface area contributed by atoms with Crippen LogP contribution in [0.1, 0.15) is 11.1 Å². The number of hydrogen-bond donors (Lipinski definition) is 1. The first kappa shape index (κ1) is 12.6. The molecule has 0 spiro atoms. The van der Waals surface area contributed by atoms with Crippen molar-refractivity contribution in [1.29, 1.82) is 0 Å². The fourth-order valence-electron chi connectivity index (χ4n) is 2.43. The molecule has 0 saturated heterocycles. The van der Waals surface area contributed by atoms with Gasteiger partial charge in [0.05, 0.1) is 5.52 Å². The molecule has 0 unspecified atom stereocenters. The van der Waals surface area contributed by atoms with Gasteiger partial charge in [0.1, 0.15) is 5.82 Å². The number of nitrogens with one attached hydrogen (secondary N) is 1. The van der Waals surface area contributed by atoms with Crippen molar-refractivity contribution in [3.8, 4) is 11.4 Å². The van der Waals surface area contributed by atoms with Gasteiger partial charge in [-0.25, -0.2) is 9.97 Å². The highest BCUT2D eigenvalue weighted by atomic mass is 15.0. The predicted molar refractivity (Wildman–Crippen MR) is 84.0 cm³/mol. The zero-order chi connectivity index (χ0) is 14.1. The minimum Gasteiger partial charge on any atom is -0.373 e. The molecule has 0 aliphatic rings. The number of anilines is 1. The molecule has 1 aromatic heterocycles. The van der Waals surface area contributed by atoms with Gasteiger partial charge in [0.15, 0.2) is 5.82 Å². The number of para-hydroxylation sites is 1. The van der Waals surface area contributed by atoms with Crippen LogP contribution >= 0.6 is 0 Å². The number of nitrogens with zero attached hydrogens (tertiary/aromatic N) is 2. The van der Waals surface area contributed by atoms with Gasteiger partial charge < -0.3 is 5.32 Å². The van der Waals surface area contributed by atoms with Crippen molar-refractivity contribution in [1.82, 2.24) is 9.97 Å². The van der Waals surface area contributed by atoms with Gasteiger partial charge in [-0.15, -0.1) is 0 Å². The summed E-state index contributed by atoms with van der Waals surface area (Å²) in [7, 11) is 1.89. The summed E-state index contributed by atoms with van der Waals surface area (Å²) < 4.78 is 0. The summed E-state index contributed by atoms with van der Waals surface area (Å²) in [6.45, 7) is 4.16. The minimum atomic E-state index is 0.772. The topological polar surface area (TPSA) is 37.8 Å². The molecule has 0 fully saturated rings. The number of aromatic nitrogens is 2. The SMILES string of the molecule is CNc1nc(-c2ccccc2C)nc2c(C)cccc12. The Morgan fingerprint density at radius 2 is 1.60 bits per heavy atom. The maximum absolute atomic E-state index is 4.76. The third kappa shape index (κ3) is 2.01. The first-order valence-electron chi connectivity index (χ1n) is 6.72. The van der Waals surface area contributed by atoms with Crippen molar-refractivity contribution in [3.63, 3.8) is 0 Å². The lowest BCUT2D eigenvalue weighted by Gasteiger charge is -2.11. The van der Waals surface area contributed by atoms with E-state index in [0.717, 1.165) is 33.7 Å². The van der Waals surface area contributed by atoms with Crippen LogP contribution in [0.25, 0.3) is 22.3 Å². The zero-order valence-electron chi connectivity index (χ0n) is 11.9. The summed E-state index contributed by atoms with van der Waals surface area (Å²) in [6, 6.07) is 14.4. The summed E-state index contributed by atoms with van der Waals surface area (Å²) in [5.74, 6) is 1.64. The molecule has 3 rings (SSSR count). The van der Waals surface area contributed by atoms with Crippen molar-refractivity contribution in [2.24, 2.45) is 0 Å². The van der Waals surface area contributed by atoms with Crippen LogP contribution in [0.3, 0.4) is 0 Å². The Morgan fingerprint density at radius 1 is 0.850 bits per heavy atom. The molecule has 1 heterocycles. The third-order valence-electron chi connectivity index (χ3n) is 3.55. The second kappa shape index (κ2) is 4.93. The van der Waals surface area contributed by atoms with Crippen LogP contribution in [0.15, 0.2) is 42.5 Å². The average Bonchev–Trinajstić information content (AvgIpc) is 2.47. The molecule has 0 atom stereocenters. The van der Waals surface area contributed by atoms with E-state index >= 15 is 0 Å². The van der Waals surface area contributed by atoms with Crippen LogP contribution in [0.4, 0.5) is 5.82 Å². The number of benzene rings is 2. The number of fused-ring (bicyclic) bond motifs is 1. The lowest BCUT2D eigenvalue weighted by atomic mass is 10.1. The first-order chi connectivity index (χ1) is 9.70. The van der Waals surface area contributed by atoms with Crippen molar-refractivity contribution in [2.75, 3.05) is 12.4 Å². The second-order valence-corrected chi connectivity index (χ2v) is 4.93. The van der Waals surface area contributed by atoms with E-state index in [1.165, 1.54) is 5.56 Å². The van der Waals surface area contributed by atoms with Gasteiger partial charge in [-0.3, -0.25) is 0 Å². The lowest BCUT2D eigenvalue weighted by molar-refractivity contribution is 1.19. The van der Waals surface area contributed by atoms with Crippen LogP contribution < -0.4 is 5.32 Å². The maximum Gasteiger partial charge on any atom is 0.162 e. The molecule has 2 aromatic carbocycles. The summed E-state index contributed by atoms with van der Waals surface area (Å²) >= 11 is 0. The summed E-state index contributed by atoms with van der Waals surface area (Å²) in [4.78, 5) is 9.43. The van der Waals surface area contributed by atoms with Crippen LogP contribution in [0.5, 0.6) is 0 Å². The van der Waals surface area contributed by atoms with Gasteiger partial charge >= 0.3 is 0 Å². The normalized spacial score (nSPS) is 10.8. The highest BCUT2D eigenvalue weighted by Gasteiger charge is 2.11. The van der Waals surface area contributed by atoms with Gasteiger partial charge in [0.2, 0.25) is 0 Å². The lowest BCUT2D eigenvalue weighted by Crippen LogP contribution is -2.00. The molecular weight excluding hydrogens is 246 g/mol. The molecule has 0 saturated carbocycles. The molecule has 1 N–H and O–H groups in total. The van der Waals surface area contributed by atoms with Crippen LogP contribution in [-0.2, 0) is 0 Å². The summed E-state index contributed by atoms with van der Waals surface area (Å²) in [5, 5.41) is 4.24. The molecule has 0 bridgehead atoms. The van der Waals surface area contributed by atoms with E-state index < -0.39 is 0 Å². The van der Waals surface area contributed by atoms with E-state index in [2.05, 4.69) is 48.4 Å². The monoisotopic (exact) mass is 263 g/mol. The fourth-order valence-corrected chi connectivity index (χ4v) is 2.43. The Balaban J connectivity index is 2.33. The minimum absolute atomic E-state index is 0.772. The Bertz CT molecular complexity index is 778. The van der Waals surface area contributed by atoms with E-state index in [-0.39, 0.29) is 0 Å². The Labute approximate surface area is 118 Å². The summed E-state index contributed by atoms with van der Waals surface area (Å²) in [5.41, 5.74) is 4.43. The predicted octanol–water partition coefficient (Wildman–Crippen LogP) is 3.96. The van der Waals surface area contributed by atoms with Crippen molar-refractivity contribution in [3.05, 3.63) is 53.6 Å². The van der Waals surface area contributed by atoms with Crippen molar-refractivity contribution in [2.45, 2.75) is 13.8 Å². The summed E-state index contributed by atoms with van der Waals surface area (Å²) in [6.07, 6.45) is 0. The molecular formula is C17H17N3. The smallest absolute Gasteiger partial charge is 0.162 e. The molecule has 0 radical (unpaired) electrons. The van der Waals surface area contributed by atoms with Crippen molar-refractivity contribution < 1.29 is 0 Å². The van der Waals surface area contributed by atoms with Gasteiger partial charge in [-0.05, 0) is 31.0 Å². The van der Waals surface area contributed by atoms with E-state index in [1.807, 2.05) is 25.2 Å². The van der Waals surface area contributed by atoms with E-state index in [4.69, 9.17) is 4.98 Å². The quantitative estimate of drug-likeness (QED) is 0.760. The molecule has 0 aliphatic heterocycles. The molecule has 20 heavy (non-hydrogen) atoms. The van der Waals surface area contributed by atoms with Crippen LogP contribution in [0, 0.1) is 13.8 Å². The molecule has 3 aromatic rings. The largest absolute Gasteiger partial charge is 0.373 e. The molecule has 0 aliphatic carbocycles. The number of hydrogen-bond acceptors (Lipinski definition) is 3. The third-order valence-corrected chi connectivity index (χ3v) is 3.55. The van der Waals surface area contributed by atoms with Gasteiger partial charge in [0.25, 0.3) is 0 Å². The zero-order valence-corrected chi connectivity index (χ0v) is 11.9. The highest BCUT2D eigenvalue weighted by Crippen LogP contribution is 2.27. The van der Waals surface area contributed by atoms with Crippen LogP contribution in [0.2, 0.25) is 0 Å². The Hall–Kier alpha value is -2.42. The maximum atomic E-state index is 4.76. The molecule has 0 amide bonds. The van der Waals surface area contributed by atoms with Crippen LogP contribution in [-0.4, -0.2) is 17.0 Å². The fraction of sp³-hybridized carbons (Fsp3) is 0.176. The highest BCUT2D eigenvalue weighted by molar-refractivity contribution is 5.92. The number of rotatable bonds is 2. The van der Waals surface area contributed by atoms with Gasteiger partial charge in [0, 0.05) is 18.0 Å². The van der Waals surface area contributed by atoms with Crippen molar-refractivity contribution >= 4 is 16.7 Å². The average molecular weight is 263 g/mol. The number of aryl methyl sites for hydroxylation is 2. The molecule has 100 valence electrons. The first-order valence-corrected chi connectivity index (χ1v) is 6.72. The van der Waals surface area contributed by atoms with E-state index in [1.54, 1.807) is 0 Å². The molecule has 3 heteroatoms. The second-order valence-electron chi connectivity index (χ2n) is 4.93. The Kier molecular flexibility index (Phi) is 3.11. The Morgan fingerprint density at radius 3 is 2.35 bits per heavy atom. The molecule has 3 nitrogen and oxygen atoms in total. The van der Waals surface area contributed by atoms with E-state index in [0.29, 0.717) is 0 Å². The van der Waals surface area contributed by atoms with Gasteiger partial charge in [-0.2, -0.15) is 0 Å². The van der Waals surface area contributed by atoms with Gasteiger partial charge in [-0.1, -0.05) is 36.4 Å². The van der Waals surface area contributed by atoms with E-state index in [9.17, 15) is 0 Å².